The number of amides is 1. The Morgan fingerprint density at radius 2 is 1.96 bits per heavy atom. The maximum Gasteiger partial charge on any atom is 0.227 e. The fraction of sp³-hybridized carbons (Fsp3) is 0.556. The summed E-state index contributed by atoms with van der Waals surface area (Å²) < 4.78 is 14.1. The summed E-state index contributed by atoms with van der Waals surface area (Å²) in [6, 6.07) is 5.00. The van der Waals surface area contributed by atoms with Gasteiger partial charge in [0, 0.05) is 17.6 Å². The van der Waals surface area contributed by atoms with Crippen LogP contribution in [-0.4, -0.2) is 11.9 Å². The van der Waals surface area contributed by atoms with E-state index in [1.54, 1.807) is 12.1 Å². The third kappa shape index (κ3) is 3.64. The van der Waals surface area contributed by atoms with Crippen LogP contribution >= 0.6 is 0 Å². The quantitative estimate of drug-likeness (QED) is 0.658. The van der Waals surface area contributed by atoms with Crippen LogP contribution in [0.2, 0.25) is 0 Å². The lowest BCUT2D eigenvalue weighted by molar-refractivity contribution is -0.122. The molecule has 5 heteroatoms. The predicted molar refractivity (Wildman–Crippen MR) is 86.1 cm³/mol. The Bertz CT molecular complexity index is 613. The van der Waals surface area contributed by atoms with Crippen molar-refractivity contribution in [1.29, 1.82) is 5.26 Å². The predicted octanol–water partition coefficient (Wildman–Crippen LogP) is 3.66. The Morgan fingerprint density at radius 3 is 2.65 bits per heavy atom. The first-order valence-corrected chi connectivity index (χ1v) is 8.42. The van der Waals surface area contributed by atoms with E-state index in [0.29, 0.717) is 18.5 Å². The summed E-state index contributed by atoms with van der Waals surface area (Å²) in [4.78, 5) is 12.2. The minimum atomic E-state index is -0.170. The molecule has 0 bridgehead atoms. The molecule has 0 saturated heterocycles. The van der Waals surface area contributed by atoms with E-state index >= 15 is 0 Å². The number of nitrogens with one attached hydrogen (secondary N) is 2. The summed E-state index contributed by atoms with van der Waals surface area (Å²) >= 11 is 0. The van der Waals surface area contributed by atoms with Crippen molar-refractivity contribution in [2.24, 2.45) is 5.92 Å². The standard InChI is InChI=1S/C18H22FN3O/c19-17-7-6-14(10-16(17)12-4-2-1-3-5-12)22-18(23)13-8-15(9-13)21-11-20/h6-7,10,12-13,15,21H,1-5,8-9H2,(H,22,23). The maximum absolute atomic E-state index is 14.1. The van der Waals surface area contributed by atoms with Gasteiger partial charge >= 0.3 is 0 Å². The summed E-state index contributed by atoms with van der Waals surface area (Å²) in [5.74, 6) is -0.00318. The molecule has 0 atom stereocenters. The Labute approximate surface area is 136 Å². The molecule has 23 heavy (non-hydrogen) atoms. The molecule has 4 nitrogen and oxygen atoms in total. The van der Waals surface area contributed by atoms with Gasteiger partial charge in [-0.1, -0.05) is 19.3 Å². The number of hydrogen-bond acceptors (Lipinski definition) is 3. The zero-order chi connectivity index (χ0) is 16.2. The van der Waals surface area contributed by atoms with Crippen molar-refractivity contribution in [3.05, 3.63) is 29.6 Å². The molecule has 1 aromatic carbocycles. The van der Waals surface area contributed by atoms with Crippen molar-refractivity contribution >= 4 is 11.6 Å². The average Bonchev–Trinajstić information content (AvgIpc) is 2.53. The molecular formula is C18H22FN3O. The highest BCUT2D eigenvalue weighted by atomic mass is 19.1. The molecule has 2 N–H and O–H groups in total. The summed E-state index contributed by atoms with van der Waals surface area (Å²) in [7, 11) is 0. The van der Waals surface area contributed by atoms with E-state index in [-0.39, 0.29) is 29.6 Å². The van der Waals surface area contributed by atoms with Crippen LogP contribution in [-0.2, 0) is 4.79 Å². The highest BCUT2D eigenvalue weighted by molar-refractivity contribution is 5.93. The minimum absolute atomic E-state index is 0.0396. The average molecular weight is 315 g/mol. The maximum atomic E-state index is 14.1. The Balaban J connectivity index is 1.62. The molecule has 1 amide bonds. The van der Waals surface area contributed by atoms with Crippen LogP contribution in [0.4, 0.5) is 10.1 Å². The van der Waals surface area contributed by atoms with Gasteiger partial charge in [0.2, 0.25) is 5.91 Å². The first kappa shape index (κ1) is 15.8. The molecule has 2 aliphatic rings. The number of nitriles is 1. The van der Waals surface area contributed by atoms with Crippen LogP contribution in [0.25, 0.3) is 0 Å². The van der Waals surface area contributed by atoms with E-state index in [1.807, 2.05) is 6.19 Å². The largest absolute Gasteiger partial charge is 0.326 e. The lowest BCUT2D eigenvalue weighted by Gasteiger charge is -2.33. The normalized spacial score (nSPS) is 24.3. The molecule has 0 aromatic heterocycles. The minimum Gasteiger partial charge on any atom is -0.326 e. The molecule has 0 unspecified atom stereocenters. The third-order valence-electron chi connectivity index (χ3n) is 5.09. The zero-order valence-corrected chi connectivity index (χ0v) is 13.1. The topological polar surface area (TPSA) is 64.9 Å². The van der Waals surface area contributed by atoms with Crippen molar-refractivity contribution in [2.75, 3.05) is 5.32 Å². The Morgan fingerprint density at radius 1 is 1.22 bits per heavy atom. The van der Waals surface area contributed by atoms with Gasteiger partial charge in [-0.15, -0.1) is 0 Å². The van der Waals surface area contributed by atoms with Crippen LogP contribution in [0.5, 0.6) is 0 Å². The smallest absolute Gasteiger partial charge is 0.227 e. The van der Waals surface area contributed by atoms with Crippen LogP contribution in [0, 0.1) is 23.2 Å². The first-order valence-electron chi connectivity index (χ1n) is 8.42. The van der Waals surface area contributed by atoms with Gasteiger partial charge in [0.05, 0.1) is 0 Å². The van der Waals surface area contributed by atoms with E-state index < -0.39 is 0 Å². The van der Waals surface area contributed by atoms with Gasteiger partial charge in [0.15, 0.2) is 6.19 Å². The fourth-order valence-electron chi connectivity index (χ4n) is 3.63. The number of carbonyl (C=O) groups excluding carboxylic acids is 1. The van der Waals surface area contributed by atoms with E-state index in [9.17, 15) is 9.18 Å². The summed E-state index contributed by atoms with van der Waals surface area (Å²) in [5, 5.41) is 14.1. The van der Waals surface area contributed by atoms with E-state index in [2.05, 4.69) is 10.6 Å². The summed E-state index contributed by atoms with van der Waals surface area (Å²) in [5.41, 5.74) is 1.41. The van der Waals surface area contributed by atoms with Crippen molar-refractivity contribution in [1.82, 2.24) is 5.32 Å². The van der Waals surface area contributed by atoms with Gasteiger partial charge in [0.1, 0.15) is 5.82 Å². The molecule has 2 saturated carbocycles. The number of halogens is 1. The fourth-order valence-corrected chi connectivity index (χ4v) is 3.63. The SMILES string of the molecule is N#CNC1CC(C(=O)Nc2ccc(F)c(C3CCCCC3)c2)C1. The first-order chi connectivity index (χ1) is 11.2. The second-order valence-electron chi connectivity index (χ2n) is 6.68. The molecule has 3 rings (SSSR count). The lowest BCUT2D eigenvalue weighted by atomic mass is 9.79. The van der Waals surface area contributed by atoms with E-state index in [4.69, 9.17) is 5.26 Å². The van der Waals surface area contributed by atoms with Gasteiger partial charge in [-0.3, -0.25) is 4.79 Å². The molecular weight excluding hydrogens is 293 g/mol. The third-order valence-corrected chi connectivity index (χ3v) is 5.09. The molecule has 0 heterocycles. The van der Waals surface area contributed by atoms with E-state index in [0.717, 1.165) is 31.2 Å². The second kappa shape index (κ2) is 6.99. The number of hydrogen-bond donors (Lipinski definition) is 2. The second-order valence-corrected chi connectivity index (χ2v) is 6.68. The van der Waals surface area contributed by atoms with Crippen LogP contribution in [0.3, 0.4) is 0 Å². The molecule has 2 fully saturated rings. The number of anilines is 1. The number of rotatable bonds is 4. The van der Waals surface area contributed by atoms with Crippen molar-refractivity contribution < 1.29 is 9.18 Å². The van der Waals surface area contributed by atoms with Gasteiger partial charge < -0.3 is 10.6 Å². The zero-order valence-electron chi connectivity index (χ0n) is 13.1. The number of benzene rings is 1. The summed E-state index contributed by atoms with van der Waals surface area (Å²) in [6.45, 7) is 0. The van der Waals surface area contributed by atoms with Gasteiger partial charge in [-0.25, -0.2) is 4.39 Å². The van der Waals surface area contributed by atoms with Gasteiger partial charge in [-0.05, 0) is 55.4 Å². The van der Waals surface area contributed by atoms with Crippen molar-refractivity contribution in [3.63, 3.8) is 0 Å². The molecule has 122 valence electrons. The van der Waals surface area contributed by atoms with Crippen molar-refractivity contribution in [3.8, 4) is 6.19 Å². The monoisotopic (exact) mass is 315 g/mol. The molecule has 0 radical (unpaired) electrons. The number of nitrogens with zero attached hydrogens (tertiary/aromatic N) is 1. The Kier molecular flexibility index (Phi) is 4.80. The van der Waals surface area contributed by atoms with Crippen molar-refractivity contribution in [2.45, 2.75) is 56.9 Å². The molecule has 2 aliphatic carbocycles. The molecule has 0 spiro atoms. The molecule has 1 aromatic rings. The van der Waals surface area contributed by atoms with Crippen LogP contribution in [0.1, 0.15) is 56.4 Å². The highest BCUT2D eigenvalue weighted by Gasteiger charge is 2.34. The molecule has 0 aliphatic heterocycles. The van der Waals surface area contributed by atoms with Gasteiger partial charge in [-0.2, -0.15) is 5.26 Å². The lowest BCUT2D eigenvalue weighted by Crippen LogP contribution is -2.44. The number of carbonyl (C=O) groups is 1. The van der Waals surface area contributed by atoms with E-state index in [1.165, 1.54) is 12.5 Å². The van der Waals surface area contributed by atoms with Crippen LogP contribution < -0.4 is 10.6 Å². The Hall–Kier alpha value is -2.09. The summed E-state index contributed by atoms with van der Waals surface area (Å²) in [6.07, 6.45) is 8.84. The van der Waals surface area contributed by atoms with Gasteiger partial charge in [0.25, 0.3) is 0 Å². The van der Waals surface area contributed by atoms with Crippen LogP contribution in [0.15, 0.2) is 18.2 Å². The highest BCUT2D eigenvalue weighted by Crippen LogP contribution is 2.35.